The number of rotatable bonds is 5. The Kier molecular flexibility index (Phi) is 5.09. The number of anilines is 2. The quantitative estimate of drug-likeness (QED) is 0.784. The Hall–Kier alpha value is -1.92. The van der Waals surface area contributed by atoms with Gasteiger partial charge in [0.05, 0.1) is 18.5 Å². The van der Waals surface area contributed by atoms with Gasteiger partial charge in [-0.25, -0.2) is 4.98 Å². The first-order chi connectivity index (χ1) is 9.69. The van der Waals surface area contributed by atoms with Crippen LogP contribution in [-0.2, 0) is 0 Å². The Bertz CT molecular complexity index is 587. The molecule has 0 aliphatic rings. The van der Waals surface area contributed by atoms with Crippen LogP contribution >= 0.6 is 15.9 Å². The van der Waals surface area contributed by atoms with Gasteiger partial charge in [0.1, 0.15) is 5.82 Å². The summed E-state index contributed by atoms with van der Waals surface area (Å²) in [7, 11) is 0. The fourth-order valence-electron chi connectivity index (χ4n) is 1.59. The van der Waals surface area contributed by atoms with Crippen molar-refractivity contribution in [3.05, 3.63) is 52.6 Å². The van der Waals surface area contributed by atoms with E-state index in [2.05, 4.69) is 31.5 Å². The number of hydrogen-bond acceptors (Lipinski definition) is 4. The Labute approximate surface area is 125 Å². The minimum atomic E-state index is -0.191. The molecule has 1 heterocycles. The van der Waals surface area contributed by atoms with E-state index in [4.69, 9.17) is 5.11 Å². The number of aromatic nitrogens is 1. The summed E-state index contributed by atoms with van der Waals surface area (Å²) in [6.07, 6.45) is 1.57. The number of carbonyl (C=O) groups is 1. The summed E-state index contributed by atoms with van der Waals surface area (Å²) in [4.78, 5) is 16.1. The van der Waals surface area contributed by atoms with Crippen LogP contribution in [0, 0.1) is 0 Å². The number of aliphatic hydroxyl groups is 1. The molecular weight excluding hydrogens is 322 g/mol. The van der Waals surface area contributed by atoms with Crippen LogP contribution in [0.1, 0.15) is 10.4 Å². The number of nitrogens with zero attached hydrogens (tertiary/aromatic N) is 1. The molecule has 1 aromatic carbocycles. The highest BCUT2D eigenvalue weighted by atomic mass is 79.9. The maximum Gasteiger partial charge on any atom is 0.255 e. The van der Waals surface area contributed by atoms with E-state index < -0.39 is 0 Å². The van der Waals surface area contributed by atoms with Crippen LogP contribution in [0.25, 0.3) is 0 Å². The Balaban J connectivity index is 2.01. The lowest BCUT2D eigenvalue weighted by atomic mass is 10.2. The van der Waals surface area contributed by atoms with Crippen LogP contribution in [0.15, 0.2) is 47.1 Å². The summed E-state index contributed by atoms with van der Waals surface area (Å²) in [5, 5.41) is 14.4. The lowest BCUT2D eigenvalue weighted by Gasteiger charge is -2.07. The predicted molar refractivity (Wildman–Crippen MR) is 81.9 cm³/mol. The number of carbonyl (C=O) groups excluding carboxylic acids is 1. The summed E-state index contributed by atoms with van der Waals surface area (Å²) >= 11 is 3.33. The van der Waals surface area contributed by atoms with Crippen molar-refractivity contribution < 1.29 is 9.90 Å². The monoisotopic (exact) mass is 335 g/mol. The van der Waals surface area contributed by atoms with E-state index in [1.807, 2.05) is 6.07 Å². The Morgan fingerprint density at radius 2 is 2.15 bits per heavy atom. The number of nitrogens with one attached hydrogen (secondary N) is 2. The van der Waals surface area contributed by atoms with E-state index in [-0.39, 0.29) is 12.5 Å². The molecule has 0 aliphatic heterocycles. The molecule has 0 spiro atoms. The summed E-state index contributed by atoms with van der Waals surface area (Å²) in [5.74, 6) is 0.462. The third-order valence-corrected chi connectivity index (χ3v) is 3.02. The molecular formula is C14H14BrN3O2. The molecule has 3 N–H and O–H groups in total. The van der Waals surface area contributed by atoms with Gasteiger partial charge in [-0.05, 0) is 30.3 Å². The fraction of sp³-hybridized carbons (Fsp3) is 0.143. The minimum Gasteiger partial charge on any atom is -0.395 e. The molecule has 0 aliphatic carbocycles. The molecule has 1 amide bonds. The van der Waals surface area contributed by atoms with Crippen LogP contribution in [0.5, 0.6) is 0 Å². The molecule has 0 fully saturated rings. The van der Waals surface area contributed by atoms with E-state index in [9.17, 15) is 4.79 Å². The molecule has 0 saturated carbocycles. The summed E-state index contributed by atoms with van der Waals surface area (Å²) in [6, 6.07) is 10.7. The normalized spacial score (nSPS) is 10.1. The van der Waals surface area contributed by atoms with Gasteiger partial charge in [0.15, 0.2) is 0 Å². The van der Waals surface area contributed by atoms with Crippen molar-refractivity contribution in [2.75, 3.05) is 23.8 Å². The topological polar surface area (TPSA) is 74.2 Å². The van der Waals surface area contributed by atoms with Crippen molar-refractivity contribution in [1.29, 1.82) is 0 Å². The largest absolute Gasteiger partial charge is 0.395 e. The highest BCUT2D eigenvalue weighted by Crippen LogP contribution is 2.14. The van der Waals surface area contributed by atoms with E-state index in [0.717, 1.165) is 4.47 Å². The molecule has 5 nitrogen and oxygen atoms in total. The average Bonchev–Trinajstić information content (AvgIpc) is 2.46. The van der Waals surface area contributed by atoms with Gasteiger partial charge in [-0.3, -0.25) is 4.79 Å². The van der Waals surface area contributed by atoms with E-state index >= 15 is 0 Å². The third kappa shape index (κ3) is 4.04. The highest BCUT2D eigenvalue weighted by Gasteiger charge is 2.06. The SMILES string of the molecule is O=C(Nc1ccc(NCCO)nc1)c1cccc(Br)c1. The first kappa shape index (κ1) is 14.5. The second kappa shape index (κ2) is 7.02. The molecule has 20 heavy (non-hydrogen) atoms. The maximum absolute atomic E-state index is 12.0. The van der Waals surface area contributed by atoms with Crippen molar-refractivity contribution in [2.24, 2.45) is 0 Å². The van der Waals surface area contributed by atoms with E-state index in [1.165, 1.54) is 0 Å². The van der Waals surface area contributed by atoms with Gasteiger partial charge in [0.25, 0.3) is 5.91 Å². The second-order valence-electron chi connectivity index (χ2n) is 4.05. The first-order valence-corrected chi connectivity index (χ1v) is 6.86. The van der Waals surface area contributed by atoms with Gasteiger partial charge >= 0.3 is 0 Å². The van der Waals surface area contributed by atoms with Gasteiger partial charge in [-0.2, -0.15) is 0 Å². The molecule has 0 atom stereocenters. The van der Waals surface area contributed by atoms with E-state index in [0.29, 0.717) is 23.6 Å². The number of benzene rings is 1. The molecule has 1 aromatic heterocycles. The van der Waals surface area contributed by atoms with Crippen molar-refractivity contribution in [1.82, 2.24) is 4.98 Å². The van der Waals surface area contributed by atoms with Gasteiger partial charge < -0.3 is 15.7 Å². The molecule has 0 unspecified atom stereocenters. The molecule has 6 heteroatoms. The molecule has 2 rings (SSSR count). The zero-order valence-corrected chi connectivity index (χ0v) is 12.2. The lowest BCUT2D eigenvalue weighted by Crippen LogP contribution is -2.12. The number of pyridine rings is 1. The van der Waals surface area contributed by atoms with Crippen molar-refractivity contribution in [3.63, 3.8) is 0 Å². The highest BCUT2D eigenvalue weighted by molar-refractivity contribution is 9.10. The molecule has 104 valence electrons. The van der Waals surface area contributed by atoms with Crippen LogP contribution < -0.4 is 10.6 Å². The first-order valence-electron chi connectivity index (χ1n) is 6.07. The number of aliphatic hydroxyl groups excluding tert-OH is 1. The van der Waals surface area contributed by atoms with Gasteiger partial charge in [0, 0.05) is 16.6 Å². The molecule has 0 bridgehead atoms. The maximum atomic E-state index is 12.0. The lowest BCUT2D eigenvalue weighted by molar-refractivity contribution is 0.102. The number of amides is 1. The molecule has 0 radical (unpaired) electrons. The summed E-state index contributed by atoms with van der Waals surface area (Å²) in [5.41, 5.74) is 1.19. The Morgan fingerprint density at radius 3 is 2.80 bits per heavy atom. The third-order valence-electron chi connectivity index (χ3n) is 2.53. The average molecular weight is 336 g/mol. The van der Waals surface area contributed by atoms with Crippen molar-refractivity contribution >= 4 is 33.3 Å². The van der Waals surface area contributed by atoms with Crippen LogP contribution in [0.2, 0.25) is 0 Å². The van der Waals surface area contributed by atoms with Gasteiger partial charge in [-0.1, -0.05) is 22.0 Å². The number of hydrogen-bond donors (Lipinski definition) is 3. The predicted octanol–water partition coefficient (Wildman–Crippen LogP) is 2.50. The number of halogens is 1. The smallest absolute Gasteiger partial charge is 0.255 e. The van der Waals surface area contributed by atoms with Crippen LogP contribution in [-0.4, -0.2) is 29.1 Å². The van der Waals surface area contributed by atoms with Crippen molar-refractivity contribution in [3.8, 4) is 0 Å². The van der Waals surface area contributed by atoms with Crippen molar-refractivity contribution in [2.45, 2.75) is 0 Å². The van der Waals surface area contributed by atoms with Gasteiger partial charge in [-0.15, -0.1) is 0 Å². The standard InChI is InChI=1S/C14H14BrN3O2/c15-11-3-1-2-10(8-11)14(20)18-12-4-5-13(17-9-12)16-6-7-19/h1-5,8-9,19H,6-7H2,(H,16,17)(H,18,20). The molecule has 0 saturated heterocycles. The van der Waals surface area contributed by atoms with Crippen LogP contribution in [0.4, 0.5) is 11.5 Å². The minimum absolute atomic E-state index is 0.0447. The zero-order chi connectivity index (χ0) is 14.4. The second-order valence-corrected chi connectivity index (χ2v) is 4.96. The van der Waals surface area contributed by atoms with Crippen LogP contribution in [0.3, 0.4) is 0 Å². The van der Waals surface area contributed by atoms with E-state index in [1.54, 1.807) is 36.5 Å². The zero-order valence-electron chi connectivity index (χ0n) is 10.6. The summed E-state index contributed by atoms with van der Waals surface area (Å²) < 4.78 is 0.854. The summed E-state index contributed by atoms with van der Waals surface area (Å²) in [6.45, 7) is 0.486. The fourth-order valence-corrected chi connectivity index (χ4v) is 1.99. The Morgan fingerprint density at radius 1 is 1.30 bits per heavy atom. The van der Waals surface area contributed by atoms with Gasteiger partial charge in [0.2, 0.25) is 0 Å². The molecule has 2 aromatic rings.